The van der Waals surface area contributed by atoms with Gasteiger partial charge in [0.15, 0.2) is 0 Å². The normalized spacial score (nSPS) is 29.3. The maximum Gasteiger partial charge on any atom is 0.0182 e. The summed E-state index contributed by atoms with van der Waals surface area (Å²) >= 11 is 0. The Morgan fingerprint density at radius 1 is 0.655 bits per heavy atom. The molecule has 2 saturated heterocycles. The maximum absolute atomic E-state index is 2.85. The summed E-state index contributed by atoms with van der Waals surface area (Å²) in [6.45, 7) is 21.8. The molecule has 4 aliphatic rings. The molecule has 4 fully saturated rings. The Hall–Kier alpha value is -0.120. The van der Waals surface area contributed by atoms with Crippen molar-refractivity contribution in [3.63, 3.8) is 0 Å². The number of likely N-dealkylation sites (tertiary alicyclic amines) is 1. The van der Waals surface area contributed by atoms with Gasteiger partial charge in [-0.25, -0.2) is 0 Å². The van der Waals surface area contributed by atoms with Gasteiger partial charge < -0.3 is 9.80 Å². The third kappa shape index (κ3) is 5.57. The first-order valence-electron chi connectivity index (χ1n) is 13.2. The number of likely N-dealkylation sites (N-methyl/N-ethyl adjacent to an activating group) is 1. The number of nitrogens with zero attached hydrogens (tertiary/aromatic N) is 3. The Balaban J connectivity index is 0.00000117. The van der Waals surface area contributed by atoms with E-state index in [1.807, 2.05) is 13.8 Å². The Kier molecular flexibility index (Phi) is 8.12. The van der Waals surface area contributed by atoms with Gasteiger partial charge in [0.25, 0.3) is 0 Å². The number of piperidine rings is 1. The second kappa shape index (κ2) is 10.0. The minimum absolute atomic E-state index is 0.488. The predicted molar refractivity (Wildman–Crippen MR) is 127 cm³/mol. The van der Waals surface area contributed by atoms with E-state index < -0.39 is 0 Å². The van der Waals surface area contributed by atoms with E-state index in [-0.39, 0.29) is 0 Å². The predicted octanol–water partition coefficient (Wildman–Crippen LogP) is 5.65. The molecule has 2 aliphatic carbocycles. The Labute approximate surface area is 182 Å². The van der Waals surface area contributed by atoms with Crippen LogP contribution >= 0.6 is 0 Å². The first-order valence-corrected chi connectivity index (χ1v) is 13.2. The van der Waals surface area contributed by atoms with Crippen LogP contribution in [0, 0.1) is 10.8 Å². The van der Waals surface area contributed by atoms with Crippen LogP contribution in [0.3, 0.4) is 0 Å². The molecule has 0 atom stereocenters. The minimum Gasteiger partial charge on any atom is -0.303 e. The smallest absolute Gasteiger partial charge is 0.0182 e. The largest absolute Gasteiger partial charge is 0.303 e. The lowest BCUT2D eigenvalue weighted by atomic mass is 9.63. The van der Waals surface area contributed by atoms with Crippen molar-refractivity contribution < 1.29 is 0 Å². The van der Waals surface area contributed by atoms with Crippen molar-refractivity contribution >= 4 is 0 Å². The highest BCUT2D eigenvalue weighted by molar-refractivity contribution is 5.01. The second-order valence-corrected chi connectivity index (χ2v) is 10.9. The van der Waals surface area contributed by atoms with Crippen molar-refractivity contribution in [1.82, 2.24) is 14.7 Å². The van der Waals surface area contributed by atoms with Crippen LogP contribution in [0.2, 0.25) is 0 Å². The molecule has 0 aromatic rings. The van der Waals surface area contributed by atoms with Gasteiger partial charge in [0.1, 0.15) is 0 Å². The van der Waals surface area contributed by atoms with Crippen molar-refractivity contribution in [3.05, 3.63) is 0 Å². The maximum atomic E-state index is 2.85. The molecule has 2 heterocycles. The summed E-state index contributed by atoms with van der Waals surface area (Å²) in [5.74, 6) is 0. The van der Waals surface area contributed by atoms with Crippen LogP contribution in [0.15, 0.2) is 0 Å². The van der Waals surface area contributed by atoms with Crippen LogP contribution in [0.4, 0.5) is 0 Å². The summed E-state index contributed by atoms with van der Waals surface area (Å²) in [5, 5.41) is 0. The van der Waals surface area contributed by atoms with Crippen molar-refractivity contribution in [3.8, 4) is 0 Å². The van der Waals surface area contributed by atoms with Gasteiger partial charge in [-0.3, -0.25) is 4.90 Å². The van der Waals surface area contributed by atoms with Gasteiger partial charge in [0, 0.05) is 38.3 Å². The number of hydrogen-bond donors (Lipinski definition) is 0. The lowest BCUT2D eigenvalue weighted by Crippen LogP contribution is -2.58. The zero-order valence-corrected chi connectivity index (χ0v) is 20.6. The zero-order valence-electron chi connectivity index (χ0n) is 20.6. The van der Waals surface area contributed by atoms with Gasteiger partial charge in [-0.05, 0) is 95.2 Å². The quantitative estimate of drug-likeness (QED) is 0.566. The fraction of sp³-hybridized carbons (Fsp3) is 1.00. The Bertz CT molecular complexity index is 472. The molecule has 2 aliphatic heterocycles. The monoisotopic (exact) mass is 405 g/mol. The van der Waals surface area contributed by atoms with Gasteiger partial charge in [-0.15, -0.1) is 0 Å². The van der Waals surface area contributed by atoms with E-state index in [2.05, 4.69) is 35.5 Å². The fourth-order valence-electron chi connectivity index (χ4n) is 6.59. The van der Waals surface area contributed by atoms with Gasteiger partial charge in [0.2, 0.25) is 0 Å². The average molecular weight is 406 g/mol. The average Bonchev–Trinajstić information content (AvgIpc) is 3.53. The van der Waals surface area contributed by atoms with E-state index in [1.54, 1.807) is 0 Å². The third-order valence-electron chi connectivity index (χ3n) is 9.18. The molecule has 0 amide bonds. The van der Waals surface area contributed by atoms with Crippen LogP contribution in [0.5, 0.6) is 0 Å². The highest BCUT2D eigenvalue weighted by Gasteiger charge is 2.47. The summed E-state index contributed by atoms with van der Waals surface area (Å²) in [6, 6.07) is 0. The second-order valence-electron chi connectivity index (χ2n) is 10.9. The highest BCUT2D eigenvalue weighted by atomic mass is 15.3. The molecule has 1 spiro atoms. The van der Waals surface area contributed by atoms with Gasteiger partial charge >= 0.3 is 0 Å². The van der Waals surface area contributed by atoms with E-state index in [0.717, 1.165) is 5.41 Å². The first kappa shape index (κ1) is 23.5. The van der Waals surface area contributed by atoms with E-state index in [4.69, 9.17) is 0 Å². The topological polar surface area (TPSA) is 9.72 Å². The molecule has 3 nitrogen and oxygen atoms in total. The van der Waals surface area contributed by atoms with Crippen LogP contribution < -0.4 is 0 Å². The molecular weight excluding hydrogens is 354 g/mol. The number of rotatable bonds is 6. The lowest BCUT2D eigenvalue weighted by molar-refractivity contribution is -0.0300. The summed E-state index contributed by atoms with van der Waals surface area (Å²) in [5.41, 5.74) is 1.93. The van der Waals surface area contributed by atoms with E-state index in [9.17, 15) is 0 Å². The van der Waals surface area contributed by atoms with E-state index in [1.165, 1.54) is 117 Å². The zero-order chi connectivity index (χ0) is 21.0. The molecular formula is C26H51N3. The fourth-order valence-corrected chi connectivity index (χ4v) is 6.59. The Morgan fingerprint density at radius 2 is 1.24 bits per heavy atom. The van der Waals surface area contributed by atoms with Gasteiger partial charge in [-0.1, -0.05) is 34.1 Å². The molecule has 170 valence electrons. The summed E-state index contributed by atoms with van der Waals surface area (Å²) in [7, 11) is 0. The van der Waals surface area contributed by atoms with Crippen molar-refractivity contribution in [1.29, 1.82) is 0 Å². The van der Waals surface area contributed by atoms with Crippen molar-refractivity contribution in [2.24, 2.45) is 10.8 Å². The van der Waals surface area contributed by atoms with E-state index in [0.29, 0.717) is 11.0 Å². The molecule has 0 radical (unpaired) electrons. The molecule has 0 aromatic heterocycles. The molecule has 0 aromatic carbocycles. The molecule has 2 saturated carbocycles. The molecule has 0 bridgehead atoms. The molecule has 4 rings (SSSR count). The lowest BCUT2D eigenvalue weighted by Gasteiger charge is -2.54. The summed E-state index contributed by atoms with van der Waals surface area (Å²) in [4.78, 5) is 8.31. The van der Waals surface area contributed by atoms with Crippen LogP contribution in [0.25, 0.3) is 0 Å². The van der Waals surface area contributed by atoms with Gasteiger partial charge in [0.05, 0.1) is 0 Å². The third-order valence-corrected chi connectivity index (χ3v) is 9.18. The molecule has 0 unspecified atom stereocenters. The summed E-state index contributed by atoms with van der Waals surface area (Å²) < 4.78 is 0. The Morgan fingerprint density at radius 3 is 1.72 bits per heavy atom. The van der Waals surface area contributed by atoms with Crippen LogP contribution in [-0.4, -0.2) is 72.6 Å². The first-order chi connectivity index (χ1) is 14.0. The van der Waals surface area contributed by atoms with Crippen LogP contribution in [0.1, 0.15) is 98.8 Å². The number of piperazine rings is 1. The molecule has 3 heteroatoms. The molecule has 29 heavy (non-hydrogen) atoms. The standard InChI is InChI=1S/C24H45N3.C2H6/c1-4-6-24(11-12-24)21-26-15-13-23(14-16-26)9-7-22(3,8-10-23)27-19-17-25(5-2)18-20-27;1-2/h4-21H2,1-3H3;1-2H3. The summed E-state index contributed by atoms with van der Waals surface area (Å²) in [6.07, 6.45) is 14.7. The highest BCUT2D eigenvalue weighted by Crippen LogP contribution is 2.52. The van der Waals surface area contributed by atoms with Crippen molar-refractivity contribution in [2.75, 3.05) is 52.4 Å². The SMILES string of the molecule is CC.CCCC1(CN2CCC3(CC2)CCC(C)(N2CCN(CC)CC2)CC3)CC1. The van der Waals surface area contributed by atoms with Crippen LogP contribution in [-0.2, 0) is 0 Å². The molecule has 0 N–H and O–H groups in total. The van der Waals surface area contributed by atoms with E-state index >= 15 is 0 Å². The number of hydrogen-bond acceptors (Lipinski definition) is 3. The van der Waals surface area contributed by atoms with Gasteiger partial charge in [-0.2, -0.15) is 0 Å². The van der Waals surface area contributed by atoms with Crippen molar-refractivity contribution in [2.45, 2.75) is 104 Å². The minimum atomic E-state index is 0.488.